The van der Waals surface area contributed by atoms with Gasteiger partial charge in [0.15, 0.2) is 5.11 Å². The molecule has 0 bridgehead atoms. The Hall–Kier alpha value is -2.40. The van der Waals surface area contributed by atoms with E-state index in [9.17, 15) is 4.79 Å². The predicted octanol–water partition coefficient (Wildman–Crippen LogP) is 4.48. The molecule has 138 valence electrons. The number of carbonyl (C=O) groups is 1. The summed E-state index contributed by atoms with van der Waals surface area (Å²) in [6.45, 7) is 6.76. The maximum atomic E-state index is 12.6. The fraction of sp³-hybridized carbons (Fsp3) is 0.333. The number of hydrogen-bond acceptors (Lipinski definition) is 3. The minimum Gasteiger partial charge on any atom is -0.492 e. The van der Waals surface area contributed by atoms with Crippen LogP contribution >= 0.6 is 12.2 Å². The van der Waals surface area contributed by atoms with E-state index in [0.717, 1.165) is 12.0 Å². The van der Waals surface area contributed by atoms with Gasteiger partial charge in [0, 0.05) is 0 Å². The molecule has 0 aliphatic carbocycles. The monoisotopic (exact) mass is 370 g/mol. The van der Waals surface area contributed by atoms with Crippen LogP contribution in [-0.2, 0) is 0 Å². The van der Waals surface area contributed by atoms with Crippen molar-refractivity contribution in [3.8, 4) is 5.75 Å². The third-order valence-corrected chi connectivity index (χ3v) is 4.07. The molecule has 0 spiro atoms. The first-order chi connectivity index (χ1) is 12.5. The molecule has 1 atom stereocenters. The summed E-state index contributed by atoms with van der Waals surface area (Å²) in [6.07, 6.45) is 0.855. The van der Waals surface area contributed by atoms with Gasteiger partial charge in [-0.2, -0.15) is 0 Å². The van der Waals surface area contributed by atoms with Gasteiger partial charge in [0.25, 0.3) is 5.91 Å². The second kappa shape index (κ2) is 9.92. The zero-order valence-corrected chi connectivity index (χ0v) is 16.3. The summed E-state index contributed by atoms with van der Waals surface area (Å²) >= 11 is 5.34. The van der Waals surface area contributed by atoms with Crippen molar-refractivity contribution in [1.29, 1.82) is 0 Å². The molecule has 1 unspecified atom stereocenters. The molecule has 0 aliphatic heterocycles. The van der Waals surface area contributed by atoms with Crippen LogP contribution in [0.25, 0.3) is 0 Å². The molecule has 0 saturated carbocycles. The summed E-state index contributed by atoms with van der Waals surface area (Å²) < 4.78 is 5.75. The summed E-state index contributed by atoms with van der Waals surface area (Å²) in [6, 6.07) is 17.3. The highest BCUT2D eigenvalue weighted by molar-refractivity contribution is 7.80. The normalized spacial score (nSPS) is 11.7. The molecule has 1 amide bonds. The van der Waals surface area contributed by atoms with Gasteiger partial charge in [0.05, 0.1) is 18.2 Å². The van der Waals surface area contributed by atoms with E-state index >= 15 is 0 Å². The lowest BCUT2D eigenvalue weighted by molar-refractivity contribution is 0.0971. The number of ether oxygens (including phenoxy) is 1. The first kappa shape index (κ1) is 19.9. The average Bonchev–Trinajstić information content (AvgIpc) is 2.65. The Morgan fingerprint density at radius 2 is 1.73 bits per heavy atom. The third-order valence-electron chi connectivity index (χ3n) is 3.85. The Bertz CT molecular complexity index is 732. The minimum atomic E-state index is -0.273. The van der Waals surface area contributed by atoms with Crippen molar-refractivity contribution < 1.29 is 9.53 Å². The number of hydrogen-bond donors (Lipinski definition) is 2. The quantitative estimate of drug-likeness (QED) is 0.706. The molecular formula is C21H26N2O2S. The molecule has 2 N–H and O–H groups in total. The number of amides is 1. The van der Waals surface area contributed by atoms with Crippen LogP contribution in [-0.4, -0.2) is 17.6 Å². The van der Waals surface area contributed by atoms with E-state index in [4.69, 9.17) is 17.0 Å². The van der Waals surface area contributed by atoms with E-state index < -0.39 is 0 Å². The highest BCUT2D eigenvalue weighted by Gasteiger charge is 2.16. The molecule has 4 nitrogen and oxygen atoms in total. The van der Waals surface area contributed by atoms with Gasteiger partial charge in [-0.15, -0.1) is 0 Å². The molecule has 2 rings (SSSR count). The highest BCUT2D eigenvalue weighted by atomic mass is 32.1. The van der Waals surface area contributed by atoms with Gasteiger partial charge in [-0.25, -0.2) is 0 Å². The largest absolute Gasteiger partial charge is 0.492 e. The molecule has 0 heterocycles. The number of thiocarbonyl (C=S) groups is 1. The summed E-state index contributed by atoms with van der Waals surface area (Å²) in [5.74, 6) is 0.673. The fourth-order valence-electron chi connectivity index (χ4n) is 2.51. The van der Waals surface area contributed by atoms with Crippen LogP contribution in [0.4, 0.5) is 0 Å². The van der Waals surface area contributed by atoms with Gasteiger partial charge in [-0.3, -0.25) is 10.1 Å². The zero-order chi connectivity index (χ0) is 18.9. The lowest BCUT2D eigenvalue weighted by Gasteiger charge is -2.20. The Labute approximate surface area is 161 Å². The van der Waals surface area contributed by atoms with Crippen LogP contribution in [0.3, 0.4) is 0 Å². The van der Waals surface area contributed by atoms with E-state index in [1.54, 1.807) is 12.1 Å². The molecule has 5 heteroatoms. The zero-order valence-electron chi connectivity index (χ0n) is 15.5. The SMILES string of the molecule is CCC(NC(=S)NC(=O)c1ccccc1OCC(C)C)c1ccccc1. The van der Waals surface area contributed by atoms with Gasteiger partial charge in [-0.1, -0.05) is 63.2 Å². The lowest BCUT2D eigenvalue weighted by atomic mass is 10.1. The summed E-state index contributed by atoms with van der Waals surface area (Å²) in [5, 5.41) is 6.28. The van der Waals surface area contributed by atoms with E-state index in [-0.39, 0.29) is 11.9 Å². The molecule has 0 fully saturated rings. The van der Waals surface area contributed by atoms with E-state index in [1.165, 1.54) is 0 Å². The van der Waals surface area contributed by atoms with Crippen LogP contribution in [0.15, 0.2) is 54.6 Å². The predicted molar refractivity (Wildman–Crippen MR) is 109 cm³/mol. The first-order valence-corrected chi connectivity index (χ1v) is 9.30. The van der Waals surface area contributed by atoms with Crippen LogP contribution in [0.5, 0.6) is 5.75 Å². The van der Waals surface area contributed by atoms with Crippen molar-refractivity contribution in [1.82, 2.24) is 10.6 Å². The van der Waals surface area contributed by atoms with E-state index in [1.807, 2.05) is 42.5 Å². The van der Waals surface area contributed by atoms with Gasteiger partial charge in [0.1, 0.15) is 5.75 Å². The molecular weight excluding hydrogens is 344 g/mol. The lowest BCUT2D eigenvalue weighted by Crippen LogP contribution is -2.41. The maximum Gasteiger partial charge on any atom is 0.261 e. The molecule has 0 radical (unpaired) electrons. The van der Waals surface area contributed by atoms with Crippen molar-refractivity contribution >= 4 is 23.2 Å². The van der Waals surface area contributed by atoms with Crippen LogP contribution in [0.1, 0.15) is 49.2 Å². The number of carbonyl (C=O) groups excluding carboxylic acids is 1. The summed E-state index contributed by atoms with van der Waals surface area (Å²) in [4.78, 5) is 12.6. The first-order valence-electron chi connectivity index (χ1n) is 8.89. The standard InChI is InChI=1S/C21H26N2O2S/c1-4-18(16-10-6-5-7-11-16)22-21(26)23-20(24)17-12-8-9-13-19(17)25-14-15(2)3/h5-13,15,18H,4,14H2,1-3H3,(H2,22,23,24,26). The molecule has 0 aromatic heterocycles. The van der Waals surface area contributed by atoms with Crippen molar-refractivity contribution in [2.24, 2.45) is 5.92 Å². The van der Waals surface area contributed by atoms with Crippen molar-refractivity contribution in [2.45, 2.75) is 33.2 Å². The van der Waals surface area contributed by atoms with Gasteiger partial charge in [0.2, 0.25) is 0 Å². The van der Waals surface area contributed by atoms with Gasteiger partial charge < -0.3 is 10.1 Å². The number of nitrogens with one attached hydrogen (secondary N) is 2. The molecule has 2 aromatic rings. The molecule has 0 saturated heterocycles. The minimum absolute atomic E-state index is 0.0523. The van der Waals surface area contributed by atoms with Crippen molar-refractivity contribution in [3.63, 3.8) is 0 Å². The second-order valence-electron chi connectivity index (χ2n) is 6.50. The number of rotatable bonds is 7. The number of para-hydroxylation sites is 1. The van der Waals surface area contributed by atoms with Crippen LogP contribution in [0, 0.1) is 5.92 Å². The van der Waals surface area contributed by atoms with E-state index in [2.05, 4.69) is 31.4 Å². The topological polar surface area (TPSA) is 50.4 Å². The fourth-order valence-corrected chi connectivity index (χ4v) is 2.74. The second-order valence-corrected chi connectivity index (χ2v) is 6.91. The summed E-state index contributed by atoms with van der Waals surface area (Å²) in [5.41, 5.74) is 1.61. The van der Waals surface area contributed by atoms with E-state index in [0.29, 0.717) is 29.0 Å². The average molecular weight is 371 g/mol. The molecule has 26 heavy (non-hydrogen) atoms. The van der Waals surface area contributed by atoms with Crippen molar-refractivity contribution in [3.05, 3.63) is 65.7 Å². The van der Waals surface area contributed by atoms with Crippen molar-refractivity contribution in [2.75, 3.05) is 6.61 Å². The Morgan fingerprint density at radius 3 is 2.38 bits per heavy atom. The Morgan fingerprint density at radius 1 is 1.08 bits per heavy atom. The third kappa shape index (κ3) is 5.85. The van der Waals surface area contributed by atoms with Gasteiger partial charge in [-0.05, 0) is 42.3 Å². The Kier molecular flexibility index (Phi) is 7.60. The van der Waals surface area contributed by atoms with Crippen LogP contribution in [0.2, 0.25) is 0 Å². The maximum absolute atomic E-state index is 12.6. The molecule has 0 aliphatic rings. The Balaban J connectivity index is 2.02. The van der Waals surface area contributed by atoms with Crippen LogP contribution < -0.4 is 15.4 Å². The molecule has 2 aromatic carbocycles. The smallest absolute Gasteiger partial charge is 0.261 e. The summed E-state index contributed by atoms with van der Waals surface area (Å²) in [7, 11) is 0. The highest BCUT2D eigenvalue weighted by Crippen LogP contribution is 2.19. The number of benzene rings is 2. The van der Waals surface area contributed by atoms with Gasteiger partial charge >= 0.3 is 0 Å².